The van der Waals surface area contributed by atoms with Gasteiger partial charge in [0, 0.05) is 44.7 Å². The van der Waals surface area contributed by atoms with Gasteiger partial charge in [-0.2, -0.15) is 0 Å². The summed E-state index contributed by atoms with van der Waals surface area (Å²) in [7, 11) is 0. The van der Waals surface area contributed by atoms with Gasteiger partial charge in [-0.15, -0.1) is 0 Å². The standard InChI is InChI=1S/C46H29NO2/c1-2-8-30(9-3-1)31-14-20-35(21-15-31)47(37-24-26-40-39-10-4-6-12-42(39)49-45(40)29-37)36-22-16-32(17-23-36)33-18-25-38-34(28-33)19-27-44-46(38)41-11-5-7-13-43(41)48-44/h1-29H. The van der Waals surface area contributed by atoms with E-state index in [4.69, 9.17) is 8.83 Å². The van der Waals surface area contributed by atoms with Crippen molar-refractivity contribution in [1.82, 2.24) is 0 Å². The highest BCUT2D eigenvalue weighted by molar-refractivity contribution is 6.19. The first kappa shape index (κ1) is 27.5. The van der Waals surface area contributed by atoms with Crippen molar-refractivity contribution in [3.05, 3.63) is 176 Å². The van der Waals surface area contributed by atoms with Crippen molar-refractivity contribution in [2.75, 3.05) is 4.90 Å². The first-order chi connectivity index (χ1) is 24.3. The second-order valence-corrected chi connectivity index (χ2v) is 12.5. The Balaban J connectivity index is 1.06. The van der Waals surface area contributed by atoms with Crippen LogP contribution >= 0.6 is 0 Å². The number of nitrogens with zero attached hydrogens (tertiary/aromatic N) is 1. The van der Waals surface area contributed by atoms with Crippen LogP contribution < -0.4 is 4.90 Å². The first-order valence-corrected chi connectivity index (χ1v) is 16.6. The minimum Gasteiger partial charge on any atom is -0.456 e. The topological polar surface area (TPSA) is 29.5 Å². The Morgan fingerprint density at radius 1 is 0.306 bits per heavy atom. The molecule has 0 aliphatic rings. The number of fused-ring (bicyclic) bond motifs is 8. The lowest BCUT2D eigenvalue weighted by atomic mass is 9.98. The highest BCUT2D eigenvalue weighted by atomic mass is 16.3. The van der Waals surface area contributed by atoms with Gasteiger partial charge in [0.05, 0.1) is 0 Å². The van der Waals surface area contributed by atoms with Gasteiger partial charge in [0.15, 0.2) is 0 Å². The predicted molar refractivity (Wildman–Crippen MR) is 204 cm³/mol. The van der Waals surface area contributed by atoms with E-state index in [0.29, 0.717) is 0 Å². The Bertz CT molecular complexity index is 2810. The zero-order valence-electron chi connectivity index (χ0n) is 26.5. The van der Waals surface area contributed by atoms with E-state index < -0.39 is 0 Å². The predicted octanol–water partition coefficient (Wildman–Crippen LogP) is 13.4. The van der Waals surface area contributed by atoms with Crippen LogP contribution in [0.1, 0.15) is 0 Å². The summed E-state index contributed by atoms with van der Waals surface area (Å²) in [5.74, 6) is 0. The summed E-state index contributed by atoms with van der Waals surface area (Å²) in [5.41, 5.74) is 11.5. The van der Waals surface area contributed by atoms with Gasteiger partial charge in [-0.3, -0.25) is 0 Å². The lowest BCUT2D eigenvalue weighted by molar-refractivity contribution is 0.668. The molecule has 230 valence electrons. The van der Waals surface area contributed by atoms with E-state index in [1.807, 2.05) is 24.3 Å². The van der Waals surface area contributed by atoms with Gasteiger partial charge in [-0.25, -0.2) is 0 Å². The molecule has 3 heteroatoms. The van der Waals surface area contributed by atoms with Crippen molar-refractivity contribution in [3.63, 3.8) is 0 Å². The van der Waals surface area contributed by atoms with E-state index in [1.165, 1.54) is 32.8 Å². The minimum atomic E-state index is 0.872. The normalized spacial score (nSPS) is 11.7. The fraction of sp³-hybridized carbons (Fsp3) is 0. The number of hydrogen-bond acceptors (Lipinski definition) is 3. The van der Waals surface area contributed by atoms with Crippen molar-refractivity contribution in [2.45, 2.75) is 0 Å². The average Bonchev–Trinajstić information content (AvgIpc) is 3.74. The first-order valence-electron chi connectivity index (χ1n) is 16.6. The summed E-state index contributed by atoms with van der Waals surface area (Å²) in [6.45, 7) is 0. The molecular formula is C46H29NO2. The largest absolute Gasteiger partial charge is 0.456 e. The van der Waals surface area contributed by atoms with E-state index >= 15 is 0 Å². The van der Waals surface area contributed by atoms with Crippen LogP contribution in [0.15, 0.2) is 185 Å². The molecule has 3 nitrogen and oxygen atoms in total. The third-order valence-corrected chi connectivity index (χ3v) is 9.67. The van der Waals surface area contributed by atoms with E-state index in [0.717, 1.165) is 61.1 Å². The van der Waals surface area contributed by atoms with Crippen molar-refractivity contribution in [2.24, 2.45) is 0 Å². The molecule has 0 saturated carbocycles. The molecule has 0 saturated heterocycles. The van der Waals surface area contributed by atoms with E-state index in [9.17, 15) is 0 Å². The van der Waals surface area contributed by atoms with Gasteiger partial charge >= 0.3 is 0 Å². The van der Waals surface area contributed by atoms with Gasteiger partial charge in [0.1, 0.15) is 22.3 Å². The van der Waals surface area contributed by atoms with E-state index in [1.54, 1.807) is 0 Å². The zero-order valence-corrected chi connectivity index (χ0v) is 26.5. The monoisotopic (exact) mass is 627 g/mol. The molecule has 0 aliphatic heterocycles. The molecule has 49 heavy (non-hydrogen) atoms. The third kappa shape index (κ3) is 4.59. The smallest absolute Gasteiger partial charge is 0.137 e. The van der Waals surface area contributed by atoms with Crippen LogP contribution in [0, 0.1) is 0 Å². The van der Waals surface area contributed by atoms with E-state index in [-0.39, 0.29) is 0 Å². The van der Waals surface area contributed by atoms with Crippen molar-refractivity contribution in [1.29, 1.82) is 0 Å². The average molecular weight is 628 g/mol. The highest BCUT2D eigenvalue weighted by Gasteiger charge is 2.17. The number of para-hydroxylation sites is 2. The SMILES string of the molecule is c1ccc(-c2ccc(N(c3ccc(-c4ccc5c(ccc6oc7ccccc7c65)c4)cc3)c3ccc4c(c3)oc3ccccc34)cc2)cc1. The van der Waals surface area contributed by atoms with Gasteiger partial charge in [0.25, 0.3) is 0 Å². The maximum atomic E-state index is 6.32. The molecule has 0 bridgehead atoms. The molecule has 0 radical (unpaired) electrons. The van der Waals surface area contributed by atoms with E-state index in [2.05, 4.69) is 157 Å². The highest BCUT2D eigenvalue weighted by Crippen LogP contribution is 2.41. The number of hydrogen-bond donors (Lipinski definition) is 0. The molecule has 0 spiro atoms. The molecule has 0 amide bonds. The summed E-state index contributed by atoms with van der Waals surface area (Å²) in [5, 5.41) is 6.97. The molecule has 2 aromatic heterocycles. The second-order valence-electron chi connectivity index (χ2n) is 12.5. The fourth-order valence-corrected chi connectivity index (χ4v) is 7.27. The fourth-order valence-electron chi connectivity index (χ4n) is 7.27. The van der Waals surface area contributed by atoms with Crippen LogP contribution in [0.3, 0.4) is 0 Å². The Morgan fingerprint density at radius 2 is 0.837 bits per heavy atom. The summed E-state index contributed by atoms with van der Waals surface area (Å²) in [4.78, 5) is 2.30. The summed E-state index contributed by atoms with van der Waals surface area (Å²) >= 11 is 0. The summed E-state index contributed by atoms with van der Waals surface area (Å²) < 4.78 is 12.5. The van der Waals surface area contributed by atoms with Crippen LogP contribution in [0.25, 0.3) is 76.9 Å². The zero-order chi connectivity index (χ0) is 32.3. The second kappa shape index (κ2) is 11.0. The molecule has 10 rings (SSSR count). The van der Waals surface area contributed by atoms with Crippen LogP contribution in [-0.4, -0.2) is 0 Å². The van der Waals surface area contributed by atoms with Gasteiger partial charge < -0.3 is 13.7 Å². The van der Waals surface area contributed by atoms with Gasteiger partial charge in [-0.05, 0) is 93.7 Å². The van der Waals surface area contributed by atoms with Crippen molar-refractivity contribution >= 4 is 71.7 Å². The summed E-state index contributed by atoms with van der Waals surface area (Å²) in [6, 6.07) is 62.1. The maximum absolute atomic E-state index is 6.32. The minimum absolute atomic E-state index is 0.872. The molecule has 0 unspecified atom stereocenters. The van der Waals surface area contributed by atoms with Crippen LogP contribution in [-0.2, 0) is 0 Å². The van der Waals surface area contributed by atoms with Gasteiger partial charge in [0.2, 0.25) is 0 Å². The maximum Gasteiger partial charge on any atom is 0.137 e. The molecule has 0 atom stereocenters. The quantitative estimate of drug-likeness (QED) is 0.190. The number of anilines is 3. The van der Waals surface area contributed by atoms with Crippen LogP contribution in [0.4, 0.5) is 17.1 Å². The number of rotatable bonds is 5. The molecule has 0 fully saturated rings. The lowest BCUT2D eigenvalue weighted by Gasteiger charge is -2.26. The van der Waals surface area contributed by atoms with Crippen molar-refractivity contribution < 1.29 is 8.83 Å². The Labute approximate surface area is 282 Å². The van der Waals surface area contributed by atoms with Gasteiger partial charge in [-0.1, -0.05) is 109 Å². The molecule has 8 aromatic carbocycles. The Hall–Kier alpha value is -6.58. The van der Waals surface area contributed by atoms with Crippen LogP contribution in [0.2, 0.25) is 0 Å². The van der Waals surface area contributed by atoms with Crippen molar-refractivity contribution in [3.8, 4) is 22.3 Å². The lowest BCUT2D eigenvalue weighted by Crippen LogP contribution is -2.09. The number of benzene rings is 8. The Kier molecular flexibility index (Phi) is 6.18. The molecule has 2 heterocycles. The molecular weight excluding hydrogens is 599 g/mol. The third-order valence-electron chi connectivity index (χ3n) is 9.67. The number of furan rings is 2. The summed E-state index contributed by atoms with van der Waals surface area (Å²) in [6.07, 6.45) is 0. The molecule has 10 aromatic rings. The van der Waals surface area contributed by atoms with Crippen LogP contribution in [0.5, 0.6) is 0 Å². The molecule has 0 aliphatic carbocycles. The molecule has 0 N–H and O–H groups in total. The Morgan fingerprint density at radius 3 is 1.59 bits per heavy atom.